The maximum atomic E-state index is 8.55. The molecule has 0 aliphatic heterocycles. The molecule has 0 N–H and O–H groups in total. The van der Waals surface area contributed by atoms with Crippen LogP contribution in [0.2, 0.25) is 0 Å². The van der Waals surface area contributed by atoms with Gasteiger partial charge in [-0.25, -0.2) is 0 Å². The second-order valence-corrected chi connectivity index (χ2v) is 1.34. The van der Waals surface area contributed by atoms with Crippen molar-refractivity contribution in [2.75, 3.05) is 0 Å². The van der Waals surface area contributed by atoms with Gasteiger partial charge in [0.1, 0.15) is 0 Å². The summed E-state index contributed by atoms with van der Waals surface area (Å²) in [4.78, 5) is 25.6. The van der Waals surface area contributed by atoms with Gasteiger partial charge in [0, 0.05) is 17.1 Å². The van der Waals surface area contributed by atoms with Crippen LogP contribution in [0, 0.1) is 0 Å². The summed E-state index contributed by atoms with van der Waals surface area (Å²) in [5.74, 6) is 0. The van der Waals surface area contributed by atoms with Crippen molar-refractivity contribution in [1.82, 2.24) is 0 Å². The summed E-state index contributed by atoms with van der Waals surface area (Å²) in [7, 11) is -5.39. The van der Waals surface area contributed by atoms with E-state index in [2.05, 4.69) is 0 Å². The Balaban J connectivity index is -0.0000000800. The van der Waals surface area contributed by atoms with E-state index in [0.717, 1.165) is 0 Å². The molecule has 0 aromatic heterocycles. The molecule has 0 saturated heterocycles. The van der Waals surface area contributed by atoms with Crippen LogP contribution in [0.25, 0.3) is 0 Å². The van der Waals surface area contributed by atoms with E-state index >= 15 is 0 Å². The van der Waals surface area contributed by atoms with E-state index in [1.807, 2.05) is 0 Å². The van der Waals surface area contributed by atoms with Gasteiger partial charge in [0.15, 0.2) is 0 Å². The maximum Gasteiger partial charge on any atom is 0 e. The number of phosphoric acid groups is 1. The molecule has 0 aromatic rings. The molecule has 0 rings (SSSR count). The van der Waals surface area contributed by atoms with Crippen LogP contribution in [-0.2, 0) is 21.6 Å². The molecule has 0 heterocycles. The first kappa shape index (κ1) is 15.7. The van der Waals surface area contributed by atoms with Gasteiger partial charge in [-0.05, 0) is 0 Å². The Morgan fingerprint density at radius 3 is 1.14 bits per heavy atom. The maximum absolute atomic E-state index is 8.55. The molecule has 0 saturated carbocycles. The van der Waals surface area contributed by atoms with E-state index in [0.29, 0.717) is 0 Å². The molecule has 0 aliphatic rings. The third kappa shape index (κ3) is 198. The molecule has 0 unspecified atom stereocenters. The Bertz CT molecular complexity index is 57.8. The van der Waals surface area contributed by atoms with Gasteiger partial charge in [-0.15, -0.1) is 0 Å². The third-order valence-electron chi connectivity index (χ3n) is 0. The van der Waals surface area contributed by atoms with Crippen molar-refractivity contribution in [2.24, 2.45) is 0 Å². The molecule has 51 valence electrons. The number of halogens is 1. The summed E-state index contributed by atoms with van der Waals surface area (Å²) in [6.07, 6.45) is 0. The molecule has 7 heteroatoms. The topological polar surface area (TPSA) is 86.2 Å². The third-order valence-corrected chi connectivity index (χ3v) is 0. The summed E-state index contributed by atoms with van der Waals surface area (Å²) < 4.78 is 8.55. The first-order chi connectivity index (χ1) is 2.00. The van der Waals surface area contributed by atoms with Crippen LogP contribution >= 0.6 is 7.82 Å². The van der Waals surface area contributed by atoms with Gasteiger partial charge in [-0.3, -0.25) is 0 Å². The van der Waals surface area contributed by atoms with Crippen LogP contribution in [0.15, 0.2) is 0 Å². The zero-order valence-corrected chi connectivity index (χ0v) is 5.35. The average molecular weight is 194 g/mol. The summed E-state index contributed by atoms with van der Waals surface area (Å²) in [6.45, 7) is 0. The molecule has 0 amide bonds. The van der Waals surface area contributed by atoms with Crippen molar-refractivity contribution in [3.63, 3.8) is 0 Å². The smallest absolute Gasteiger partial charge is 0 e. The fourth-order valence-corrected chi connectivity index (χ4v) is 0. The van der Waals surface area contributed by atoms with Gasteiger partial charge >= 0.3 is 0 Å². The fraction of sp³-hybridized carbons (Fsp3) is 0. The van der Waals surface area contributed by atoms with Gasteiger partial charge in [-0.1, -0.05) is 0 Å². The molecular formula is ClCuO4P-4. The first-order valence-corrected chi connectivity index (χ1v) is 2.19. The second-order valence-electron chi connectivity index (χ2n) is 0.447. The first-order valence-electron chi connectivity index (χ1n) is 0.730. The van der Waals surface area contributed by atoms with Crippen LogP contribution in [0.4, 0.5) is 0 Å². The monoisotopic (exact) mass is 193 g/mol. The van der Waals surface area contributed by atoms with E-state index in [4.69, 9.17) is 19.2 Å². The van der Waals surface area contributed by atoms with E-state index in [9.17, 15) is 0 Å². The fourth-order valence-electron chi connectivity index (χ4n) is 0. The Hall–Kier alpha value is 0.919. The molecule has 1 radical (unpaired) electrons. The van der Waals surface area contributed by atoms with Crippen LogP contribution in [0.3, 0.4) is 0 Å². The van der Waals surface area contributed by atoms with Gasteiger partial charge in [0.25, 0.3) is 0 Å². The minimum Gasteiger partial charge on any atom is -1.00 e. The summed E-state index contributed by atoms with van der Waals surface area (Å²) in [6, 6.07) is 0. The number of hydrogen-bond acceptors (Lipinski definition) is 4. The molecule has 0 spiro atoms. The predicted molar refractivity (Wildman–Crippen MR) is 7.61 cm³/mol. The Morgan fingerprint density at radius 2 is 1.14 bits per heavy atom. The second kappa shape index (κ2) is 5.06. The zero-order chi connectivity index (χ0) is 4.50. The average Bonchev–Trinajstić information content (AvgIpc) is 0.722. The Labute approximate surface area is 57.1 Å². The Morgan fingerprint density at radius 1 is 1.14 bits per heavy atom. The van der Waals surface area contributed by atoms with Crippen LogP contribution in [0.1, 0.15) is 0 Å². The van der Waals surface area contributed by atoms with E-state index in [-0.39, 0.29) is 29.5 Å². The molecule has 0 fully saturated rings. The number of hydrogen-bond donors (Lipinski definition) is 0. The van der Waals surface area contributed by atoms with Crippen molar-refractivity contribution >= 4 is 7.82 Å². The Kier molecular flexibility index (Phi) is 11.3. The molecule has 0 bridgehead atoms. The van der Waals surface area contributed by atoms with E-state index in [1.165, 1.54) is 0 Å². The van der Waals surface area contributed by atoms with Crippen LogP contribution < -0.4 is 27.1 Å². The van der Waals surface area contributed by atoms with E-state index in [1.54, 1.807) is 0 Å². The van der Waals surface area contributed by atoms with Gasteiger partial charge in [-0.2, -0.15) is 7.82 Å². The zero-order valence-electron chi connectivity index (χ0n) is 2.76. The normalized spacial score (nSPS) is 8.43. The summed E-state index contributed by atoms with van der Waals surface area (Å²) in [5.41, 5.74) is 0. The SMILES string of the molecule is O=P([O-])([O-])[O-].[Cl-].[Cu]. The minimum atomic E-state index is -5.39. The van der Waals surface area contributed by atoms with Gasteiger partial charge < -0.3 is 31.7 Å². The quantitative estimate of drug-likeness (QED) is 0.284. The predicted octanol–water partition coefficient (Wildman–Crippen LogP) is -5.82. The molecule has 0 aromatic carbocycles. The van der Waals surface area contributed by atoms with Crippen LogP contribution in [0.5, 0.6) is 0 Å². The molecule has 4 nitrogen and oxygen atoms in total. The van der Waals surface area contributed by atoms with Gasteiger partial charge in [0.05, 0.1) is 0 Å². The van der Waals surface area contributed by atoms with Crippen molar-refractivity contribution in [2.45, 2.75) is 0 Å². The van der Waals surface area contributed by atoms with E-state index < -0.39 is 7.82 Å². The van der Waals surface area contributed by atoms with Gasteiger partial charge in [0.2, 0.25) is 0 Å². The molecule has 0 atom stereocenters. The van der Waals surface area contributed by atoms with Crippen molar-refractivity contribution in [3.05, 3.63) is 0 Å². The van der Waals surface area contributed by atoms with Crippen molar-refractivity contribution in [3.8, 4) is 0 Å². The van der Waals surface area contributed by atoms with Crippen molar-refractivity contribution in [1.29, 1.82) is 0 Å². The minimum absolute atomic E-state index is 0. The summed E-state index contributed by atoms with van der Waals surface area (Å²) in [5, 5.41) is 0. The molecule has 0 aliphatic carbocycles. The van der Waals surface area contributed by atoms with Crippen LogP contribution in [-0.4, -0.2) is 0 Å². The standard InChI is InChI=1S/ClH.Cu.H3O4P/c;;1-5(2,3)4/h1H;;(H3,1,2,3,4)/p-4. The summed E-state index contributed by atoms with van der Waals surface area (Å²) >= 11 is 0. The van der Waals surface area contributed by atoms with Crippen molar-refractivity contribution < 1.29 is 48.7 Å². The molecular weight excluding hydrogens is 194 g/mol. The largest absolute Gasteiger partial charge is 1.00 e. The molecule has 7 heavy (non-hydrogen) atoms. The number of rotatable bonds is 0.